The number of aromatic amines is 1. The Kier molecular flexibility index (Phi) is 2.46. The van der Waals surface area contributed by atoms with Gasteiger partial charge in [0.05, 0.1) is 6.20 Å². The van der Waals surface area contributed by atoms with Gasteiger partial charge in [-0.1, -0.05) is 19.3 Å². The van der Waals surface area contributed by atoms with Gasteiger partial charge in [-0.2, -0.15) is 0 Å². The SMILES string of the molecule is Cn1c(=O)[nH]c2cnc(C3CCCCC3)nc21. The van der Waals surface area contributed by atoms with E-state index in [4.69, 9.17) is 0 Å². The van der Waals surface area contributed by atoms with Crippen LogP contribution in [0.2, 0.25) is 0 Å². The van der Waals surface area contributed by atoms with Crippen molar-refractivity contribution < 1.29 is 0 Å². The maximum atomic E-state index is 11.5. The van der Waals surface area contributed by atoms with Crippen molar-refractivity contribution in [3.63, 3.8) is 0 Å². The Morgan fingerprint density at radius 2 is 2.12 bits per heavy atom. The molecule has 0 bridgehead atoms. The number of imidazole rings is 1. The topological polar surface area (TPSA) is 63.6 Å². The van der Waals surface area contributed by atoms with E-state index in [1.54, 1.807) is 17.8 Å². The van der Waals surface area contributed by atoms with Crippen molar-refractivity contribution in [3.8, 4) is 0 Å². The number of rotatable bonds is 1. The number of nitrogens with zero attached hydrogens (tertiary/aromatic N) is 3. The van der Waals surface area contributed by atoms with Crippen LogP contribution in [-0.4, -0.2) is 19.5 Å². The molecule has 0 saturated heterocycles. The van der Waals surface area contributed by atoms with Crippen LogP contribution in [0.15, 0.2) is 11.0 Å². The number of hydrogen-bond donors (Lipinski definition) is 1. The summed E-state index contributed by atoms with van der Waals surface area (Å²) >= 11 is 0. The lowest BCUT2D eigenvalue weighted by molar-refractivity contribution is 0.429. The van der Waals surface area contributed by atoms with Gasteiger partial charge >= 0.3 is 5.69 Å². The van der Waals surface area contributed by atoms with Gasteiger partial charge in [0.1, 0.15) is 11.3 Å². The molecule has 0 aliphatic heterocycles. The first-order chi connectivity index (χ1) is 8.25. The van der Waals surface area contributed by atoms with E-state index in [2.05, 4.69) is 15.0 Å². The summed E-state index contributed by atoms with van der Waals surface area (Å²) in [6.45, 7) is 0. The van der Waals surface area contributed by atoms with Crippen molar-refractivity contribution in [2.75, 3.05) is 0 Å². The number of aromatic nitrogens is 4. The second-order valence-corrected chi connectivity index (χ2v) is 4.79. The van der Waals surface area contributed by atoms with Crippen molar-refractivity contribution in [1.29, 1.82) is 0 Å². The first-order valence-corrected chi connectivity index (χ1v) is 6.17. The molecule has 90 valence electrons. The molecule has 1 fully saturated rings. The number of hydrogen-bond acceptors (Lipinski definition) is 3. The molecule has 3 rings (SSSR count). The molecular formula is C12H16N4O. The summed E-state index contributed by atoms with van der Waals surface area (Å²) < 4.78 is 1.54. The molecule has 0 atom stereocenters. The number of fused-ring (bicyclic) bond motifs is 1. The Bertz CT molecular complexity index is 592. The van der Waals surface area contributed by atoms with Crippen LogP contribution in [0.1, 0.15) is 43.8 Å². The zero-order valence-electron chi connectivity index (χ0n) is 9.94. The van der Waals surface area contributed by atoms with Gasteiger partial charge in [-0.25, -0.2) is 14.8 Å². The maximum absolute atomic E-state index is 11.5. The summed E-state index contributed by atoms with van der Waals surface area (Å²) in [5, 5.41) is 0. The Balaban J connectivity index is 2.05. The molecule has 5 nitrogen and oxygen atoms in total. The van der Waals surface area contributed by atoms with Crippen molar-refractivity contribution >= 4 is 11.2 Å². The highest BCUT2D eigenvalue weighted by Gasteiger charge is 2.19. The van der Waals surface area contributed by atoms with Crippen LogP contribution in [0.3, 0.4) is 0 Å². The molecule has 0 radical (unpaired) electrons. The lowest BCUT2D eigenvalue weighted by Crippen LogP contribution is -2.13. The summed E-state index contributed by atoms with van der Waals surface area (Å²) in [6.07, 6.45) is 7.92. The van der Waals surface area contributed by atoms with Crippen LogP contribution in [0.5, 0.6) is 0 Å². The van der Waals surface area contributed by atoms with Gasteiger partial charge in [-0.3, -0.25) is 4.57 Å². The summed E-state index contributed by atoms with van der Waals surface area (Å²) in [4.78, 5) is 23.1. The smallest absolute Gasteiger partial charge is 0.303 e. The van der Waals surface area contributed by atoms with Crippen LogP contribution >= 0.6 is 0 Å². The van der Waals surface area contributed by atoms with E-state index in [1.165, 1.54) is 32.1 Å². The zero-order chi connectivity index (χ0) is 11.8. The molecule has 0 amide bonds. The molecule has 1 N–H and O–H groups in total. The van der Waals surface area contributed by atoms with Crippen LogP contribution < -0.4 is 5.69 Å². The lowest BCUT2D eigenvalue weighted by Gasteiger charge is -2.19. The van der Waals surface area contributed by atoms with E-state index in [0.29, 0.717) is 11.6 Å². The van der Waals surface area contributed by atoms with E-state index >= 15 is 0 Å². The Hall–Kier alpha value is -1.65. The van der Waals surface area contributed by atoms with Crippen molar-refractivity contribution in [3.05, 3.63) is 22.5 Å². The fraction of sp³-hybridized carbons (Fsp3) is 0.583. The molecule has 5 heteroatoms. The quantitative estimate of drug-likeness (QED) is 0.814. The van der Waals surface area contributed by atoms with Crippen molar-refractivity contribution in [2.24, 2.45) is 7.05 Å². The monoisotopic (exact) mass is 232 g/mol. The molecule has 17 heavy (non-hydrogen) atoms. The standard InChI is InChI=1S/C12H16N4O/c1-16-11-9(14-12(16)17)7-13-10(15-11)8-5-3-2-4-6-8/h7-8H,2-6H2,1H3,(H,14,17). The van der Waals surface area contributed by atoms with Gasteiger partial charge < -0.3 is 4.98 Å². The molecule has 0 spiro atoms. The van der Waals surface area contributed by atoms with Gasteiger partial charge in [0.2, 0.25) is 0 Å². The summed E-state index contributed by atoms with van der Waals surface area (Å²) in [5.74, 6) is 1.37. The largest absolute Gasteiger partial charge is 0.327 e. The highest BCUT2D eigenvalue weighted by atomic mass is 16.1. The van der Waals surface area contributed by atoms with Gasteiger partial charge in [-0.15, -0.1) is 0 Å². The average Bonchev–Trinajstić information content (AvgIpc) is 2.66. The molecular weight excluding hydrogens is 216 g/mol. The molecule has 1 aliphatic carbocycles. The second kappa shape index (κ2) is 3.98. The number of nitrogens with one attached hydrogen (secondary N) is 1. The normalized spacial score (nSPS) is 17.7. The Labute approximate surface area is 98.9 Å². The summed E-state index contributed by atoms with van der Waals surface area (Å²) in [6, 6.07) is 0. The third-order valence-electron chi connectivity index (χ3n) is 3.62. The minimum Gasteiger partial charge on any atom is -0.303 e. The van der Waals surface area contributed by atoms with Gasteiger partial charge in [-0.05, 0) is 12.8 Å². The average molecular weight is 232 g/mol. The third-order valence-corrected chi connectivity index (χ3v) is 3.62. The predicted molar refractivity (Wildman–Crippen MR) is 65.0 cm³/mol. The van der Waals surface area contributed by atoms with Gasteiger partial charge in [0.15, 0.2) is 5.65 Å². The van der Waals surface area contributed by atoms with Crippen LogP contribution in [-0.2, 0) is 7.05 Å². The van der Waals surface area contributed by atoms with E-state index in [0.717, 1.165) is 11.3 Å². The minimum absolute atomic E-state index is 0.130. The fourth-order valence-corrected chi connectivity index (χ4v) is 2.58. The molecule has 1 saturated carbocycles. The molecule has 1 aliphatic rings. The van der Waals surface area contributed by atoms with Gasteiger partial charge in [0, 0.05) is 13.0 Å². The Morgan fingerprint density at radius 1 is 1.35 bits per heavy atom. The molecule has 0 unspecified atom stereocenters. The van der Waals surface area contributed by atoms with Gasteiger partial charge in [0.25, 0.3) is 0 Å². The van der Waals surface area contributed by atoms with E-state index in [1.807, 2.05) is 0 Å². The van der Waals surface area contributed by atoms with Crippen LogP contribution in [0, 0.1) is 0 Å². The van der Waals surface area contributed by atoms with E-state index < -0.39 is 0 Å². The summed E-state index contributed by atoms with van der Waals surface area (Å²) in [5.41, 5.74) is 1.30. The second-order valence-electron chi connectivity index (χ2n) is 4.79. The molecule has 2 heterocycles. The highest BCUT2D eigenvalue weighted by molar-refractivity contribution is 5.69. The molecule has 0 aromatic carbocycles. The van der Waals surface area contributed by atoms with E-state index in [9.17, 15) is 4.79 Å². The maximum Gasteiger partial charge on any atom is 0.327 e. The van der Waals surface area contributed by atoms with Crippen LogP contribution in [0.4, 0.5) is 0 Å². The van der Waals surface area contributed by atoms with E-state index in [-0.39, 0.29) is 5.69 Å². The zero-order valence-corrected chi connectivity index (χ0v) is 9.94. The first kappa shape index (κ1) is 10.5. The highest BCUT2D eigenvalue weighted by Crippen LogP contribution is 2.30. The molecule has 2 aromatic rings. The fourth-order valence-electron chi connectivity index (χ4n) is 2.58. The number of aryl methyl sites for hydroxylation is 1. The number of H-pyrrole nitrogens is 1. The van der Waals surface area contributed by atoms with Crippen LogP contribution in [0.25, 0.3) is 11.2 Å². The predicted octanol–water partition coefficient (Wildman–Crippen LogP) is 1.70. The van der Waals surface area contributed by atoms with Crippen molar-refractivity contribution in [2.45, 2.75) is 38.0 Å². The molecule has 2 aromatic heterocycles. The first-order valence-electron chi connectivity index (χ1n) is 6.17. The third kappa shape index (κ3) is 1.75. The van der Waals surface area contributed by atoms with Crippen molar-refractivity contribution in [1.82, 2.24) is 19.5 Å². The lowest BCUT2D eigenvalue weighted by atomic mass is 9.89. The Morgan fingerprint density at radius 3 is 2.88 bits per heavy atom. The minimum atomic E-state index is -0.130. The summed E-state index contributed by atoms with van der Waals surface area (Å²) in [7, 11) is 1.73.